The molecule has 2 fully saturated rings. The van der Waals surface area contributed by atoms with E-state index in [9.17, 15) is 0 Å². The summed E-state index contributed by atoms with van der Waals surface area (Å²) in [6.45, 7) is 17.7. The topological polar surface area (TPSA) is 52.1 Å². The van der Waals surface area contributed by atoms with Gasteiger partial charge in [-0.15, -0.1) is 0 Å². The fraction of sp³-hybridized carbons (Fsp3) is 0.947. The Morgan fingerprint density at radius 1 is 1.12 bits per heavy atom. The molecule has 0 bridgehead atoms. The smallest absolute Gasteiger partial charge is 0.191 e. The fourth-order valence-electron chi connectivity index (χ4n) is 3.80. The number of ether oxygens (including phenoxy) is 1. The lowest BCUT2D eigenvalue weighted by Gasteiger charge is -2.40. The number of nitrogens with one attached hydrogen (secondary N) is 2. The van der Waals surface area contributed by atoms with Crippen molar-refractivity contribution in [3.05, 3.63) is 0 Å². The van der Waals surface area contributed by atoms with Gasteiger partial charge in [-0.1, -0.05) is 13.3 Å². The highest BCUT2D eigenvalue weighted by molar-refractivity contribution is 5.79. The highest BCUT2D eigenvalue weighted by Gasteiger charge is 2.28. The first-order valence-corrected chi connectivity index (χ1v) is 10.2. The molecule has 0 amide bonds. The van der Waals surface area contributed by atoms with Gasteiger partial charge in [0.25, 0.3) is 0 Å². The lowest BCUT2D eigenvalue weighted by molar-refractivity contribution is -0.00684. The quantitative estimate of drug-likeness (QED) is 0.537. The van der Waals surface area contributed by atoms with Gasteiger partial charge in [-0.3, -0.25) is 14.8 Å². The molecule has 1 atom stereocenters. The van der Waals surface area contributed by atoms with Crippen LogP contribution in [-0.2, 0) is 4.74 Å². The average molecular weight is 354 g/mol. The third-order valence-corrected chi connectivity index (χ3v) is 5.50. The van der Waals surface area contributed by atoms with Crippen molar-refractivity contribution in [2.24, 2.45) is 4.99 Å². The molecule has 0 aromatic heterocycles. The number of likely N-dealkylation sites (tertiary alicyclic amines) is 1. The molecule has 2 N–H and O–H groups in total. The van der Waals surface area contributed by atoms with Crippen molar-refractivity contribution in [2.45, 2.75) is 58.5 Å². The van der Waals surface area contributed by atoms with E-state index in [1.165, 1.54) is 25.8 Å². The second-order valence-corrected chi connectivity index (χ2v) is 7.77. The van der Waals surface area contributed by atoms with Gasteiger partial charge < -0.3 is 15.4 Å². The molecule has 25 heavy (non-hydrogen) atoms. The molecule has 6 nitrogen and oxygen atoms in total. The van der Waals surface area contributed by atoms with Crippen molar-refractivity contribution in [1.29, 1.82) is 0 Å². The SMILES string of the molecule is CCNC(=NCC(C)(C)N1CCOCC1)NCC1CCCCN1CC. The standard InChI is InChI=1S/C19H39N5O/c1-5-20-18(21-15-17-9-7-8-10-23(17)6-2)22-16-19(3,4)24-11-13-25-14-12-24/h17H,5-16H2,1-4H3,(H2,20,21,22). The predicted molar refractivity (Wildman–Crippen MR) is 105 cm³/mol. The summed E-state index contributed by atoms with van der Waals surface area (Å²) in [6, 6.07) is 0.634. The monoisotopic (exact) mass is 353 g/mol. The normalized spacial score (nSPS) is 24.3. The minimum Gasteiger partial charge on any atom is -0.379 e. The predicted octanol–water partition coefficient (Wildman–Crippen LogP) is 1.53. The molecule has 0 radical (unpaired) electrons. The number of nitrogens with zero attached hydrogens (tertiary/aromatic N) is 3. The van der Waals surface area contributed by atoms with Gasteiger partial charge in [0.1, 0.15) is 0 Å². The largest absolute Gasteiger partial charge is 0.379 e. The molecule has 1 unspecified atom stereocenters. The van der Waals surface area contributed by atoms with Gasteiger partial charge in [-0.25, -0.2) is 0 Å². The van der Waals surface area contributed by atoms with Crippen LogP contribution in [0.4, 0.5) is 0 Å². The molecule has 0 aliphatic carbocycles. The van der Waals surface area contributed by atoms with Crippen LogP contribution in [0.15, 0.2) is 4.99 Å². The third kappa shape index (κ3) is 6.42. The minimum atomic E-state index is 0.0619. The number of hydrogen-bond acceptors (Lipinski definition) is 4. The first kappa shape index (κ1) is 20.5. The average Bonchev–Trinajstić information content (AvgIpc) is 2.65. The van der Waals surface area contributed by atoms with Gasteiger partial charge in [0.05, 0.1) is 19.8 Å². The molecule has 0 saturated carbocycles. The maximum absolute atomic E-state index is 5.48. The Bertz CT molecular complexity index is 407. The van der Waals surface area contributed by atoms with Gasteiger partial charge in [-0.05, 0) is 46.7 Å². The molecule has 2 heterocycles. The van der Waals surface area contributed by atoms with Crippen LogP contribution in [0, 0.1) is 0 Å². The summed E-state index contributed by atoms with van der Waals surface area (Å²) in [6.07, 6.45) is 3.98. The Kier molecular flexibility index (Phi) is 8.46. The number of piperidine rings is 1. The van der Waals surface area contributed by atoms with Gasteiger partial charge in [0, 0.05) is 37.8 Å². The lowest BCUT2D eigenvalue weighted by atomic mass is 10.0. The number of aliphatic imine (C=N–C) groups is 1. The van der Waals surface area contributed by atoms with E-state index in [1.807, 2.05) is 0 Å². The van der Waals surface area contributed by atoms with Crippen LogP contribution in [0.3, 0.4) is 0 Å². The third-order valence-electron chi connectivity index (χ3n) is 5.50. The zero-order valence-corrected chi connectivity index (χ0v) is 16.8. The molecular formula is C19H39N5O. The van der Waals surface area contributed by atoms with E-state index in [0.717, 1.165) is 58.4 Å². The molecular weight excluding hydrogens is 314 g/mol. The van der Waals surface area contributed by atoms with Crippen LogP contribution in [-0.4, -0.2) is 86.4 Å². The fourth-order valence-corrected chi connectivity index (χ4v) is 3.80. The van der Waals surface area contributed by atoms with E-state index in [0.29, 0.717) is 6.04 Å². The molecule has 146 valence electrons. The first-order valence-electron chi connectivity index (χ1n) is 10.2. The Labute approximate surface area is 154 Å². The Morgan fingerprint density at radius 2 is 1.88 bits per heavy atom. The Hall–Kier alpha value is -0.850. The van der Waals surface area contributed by atoms with Crippen LogP contribution < -0.4 is 10.6 Å². The van der Waals surface area contributed by atoms with Crippen molar-refractivity contribution >= 4 is 5.96 Å². The lowest BCUT2D eigenvalue weighted by Crippen LogP contribution is -2.52. The Morgan fingerprint density at radius 3 is 2.56 bits per heavy atom. The molecule has 2 rings (SSSR count). The van der Waals surface area contributed by atoms with E-state index < -0.39 is 0 Å². The number of morpholine rings is 1. The molecule has 0 aromatic carbocycles. The summed E-state index contributed by atoms with van der Waals surface area (Å²) in [5.41, 5.74) is 0.0619. The molecule has 2 aliphatic rings. The van der Waals surface area contributed by atoms with Gasteiger partial charge in [0.2, 0.25) is 0 Å². The van der Waals surface area contributed by atoms with Crippen molar-refractivity contribution in [3.63, 3.8) is 0 Å². The van der Waals surface area contributed by atoms with Crippen LogP contribution >= 0.6 is 0 Å². The maximum Gasteiger partial charge on any atom is 0.191 e. The van der Waals surface area contributed by atoms with Gasteiger partial charge in [-0.2, -0.15) is 0 Å². The van der Waals surface area contributed by atoms with E-state index in [-0.39, 0.29) is 5.54 Å². The highest BCUT2D eigenvalue weighted by atomic mass is 16.5. The summed E-state index contributed by atoms with van der Waals surface area (Å²) >= 11 is 0. The van der Waals surface area contributed by atoms with Crippen LogP contribution in [0.25, 0.3) is 0 Å². The van der Waals surface area contributed by atoms with E-state index in [4.69, 9.17) is 9.73 Å². The second kappa shape index (κ2) is 10.3. The van der Waals surface area contributed by atoms with Crippen molar-refractivity contribution in [1.82, 2.24) is 20.4 Å². The summed E-state index contributed by atoms with van der Waals surface area (Å²) in [5.74, 6) is 0.950. The highest BCUT2D eigenvalue weighted by Crippen LogP contribution is 2.17. The molecule has 0 spiro atoms. The van der Waals surface area contributed by atoms with Crippen molar-refractivity contribution < 1.29 is 4.74 Å². The van der Waals surface area contributed by atoms with Crippen LogP contribution in [0.2, 0.25) is 0 Å². The van der Waals surface area contributed by atoms with Gasteiger partial charge >= 0.3 is 0 Å². The molecule has 2 aliphatic heterocycles. The Balaban J connectivity index is 1.88. The number of hydrogen-bond donors (Lipinski definition) is 2. The maximum atomic E-state index is 5.48. The molecule has 0 aromatic rings. The number of rotatable bonds is 7. The number of guanidine groups is 1. The van der Waals surface area contributed by atoms with Crippen LogP contribution in [0.5, 0.6) is 0 Å². The summed E-state index contributed by atoms with van der Waals surface area (Å²) in [7, 11) is 0. The summed E-state index contributed by atoms with van der Waals surface area (Å²) in [5, 5.41) is 6.99. The molecule has 2 saturated heterocycles. The van der Waals surface area contributed by atoms with Crippen molar-refractivity contribution in [3.8, 4) is 0 Å². The summed E-state index contributed by atoms with van der Waals surface area (Å²) < 4.78 is 5.48. The first-order chi connectivity index (χ1) is 12.1. The number of likely N-dealkylation sites (N-methyl/N-ethyl adjacent to an activating group) is 1. The molecule has 6 heteroatoms. The van der Waals surface area contributed by atoms with Crippen molar-refractivity contribution in [2.75, 3.05) is 59.0 Å². The minimum absolute atomic E-state index is 0.0619. The second-order valence-electron chi connectivity index (χ2n) is 7.77. The van der Waals surface area contributed by atoms with Gasteiger partial charge in [0.15, 0.2) is 5.96 Å². The van der Waals surface area contributed by atoms with E-state index >= 15 is 0 Å². The van der Waals surface area contributed by atoms with Crippen LogP contribution in [0.1, 0.15) is 47.0 Å². The van der Waals surface area contributed by atoms with E-state index in [1.54, 1.807) is 0 Å². The summed E-state index contributed by atoms with van der Waals surface area (Å²) in [4.78, 5) is 9.97. The zero-order chi connectivity index (χ0) is 18.1. The zero-order valence-electron chi connectivity index (χ0n) is 16.8. The van der Waals surface area contributed by atoms with E-state index in [2.05, 4.69) is 48.1 Å².